The maximum atomic E-state index is 13.7. The van der Waals surface area contributed by atoms with Gasteiger partial charge in [0.05, 0.1) is 17.0 Å². The van der Waals surface area contributed by atoms with Gasteiger partial charge in [0.1, 0.15) is 18.4 Å². The molecule has 1 atom stereocenters. The van der Waals surface area contributed by atoms with E-state index in [2.05, 4.69) is 5.32 Å². The number of nitrogens with one attached hydrogen (secondary N) is 1. The SMILES string of the molecule is CCC(C(=O)NC1CCCCC1)N(Cc1ccc(F)cc1)C(=O)CN(c1cc(Cl)ccc1Cl)S(C)(=O)=O. The summed E-state index contributed by atoms with van der Waals surface area (Å²) in [7, 11) is -3.95. The Bertz CT molecular complexity index is 1200. The van der Waals surface area contributed by atoms with Crippen molar-refractivity contribution in [3.8, 4) is 0 Å². The van der Waals surface area contributed by atoms with Crippen LogP contribution in [0.1, 0.15) is 51.0 Å². The summed E-state index contributed by atoms with van der Waals surface area (Å²) < 4.78 is 39.8. The second-order valence-electron chi connectivity index (χ2n) is 9.28. The quantitative estimate of drug-likeness (QED) is 0.427. The maximum absolute atomic E-state index is 13.7. The van der Waals surface area contributed by atoms with Gasteiger partial charge in [-0.25, -0.2) is 12.8 Å². The fourth-order valence-corrected chi connectivity index (χ4v) is 5.81. The molecule has 11 heteroatoms. The largest absolute Gasteiger partial charge is 0.352 e. The van der Waals surface area contributed by atoms with Gasteiger partial charge in [-0.1, -0.05) is 61.5 Å². The minimum atomic E-state index is -3.95. The molecule has 0 bridgehead atoms. The Balaban J connectivity index is 1.93. The zero-order chi connectivity index (χ0) is 27.2. The van der Waals surface area contributed by atoms with Crippen LogP contribution in [0.5, 0.6) is 0 Å². The van der Waals surface area contributed by atoms with E-state index in [-0.39, 0.29) is 34.2 Å². The van der Waals surface area contributed by atoms with Gasteiger partial charge in [0.15, 0.2) is 0 Å². The molecule has 0 saturated heterocycles. The molecule has 37 heavy (non-hydrogen) atoms. The van der Waals surface area contributed by atoms with E-state index in [1.165, 1.54) is 47.4 Å². The van der Waals surface area contributed by atoms with Gasteiger partial charge in [0, 0.05) is 17.6 Å². The number of hydrogen-bond acceptors (Lipinski definition) is 4. The summed E-state index contributed by atoms with van der Waals surface area (Å²) in [6.07, 6.45) is 6.23. The Morgan fingerprint density at radius 3 is 2.32 bits per heavy atom. The molecule has 202 valence electrons. The highest BCUT2D eigenvalue weighted by molar-refractivity contribution is 7.92. The highest BCUT2D eigenvalue weighted by Crippen LogP contribution is 2.31. The van der Waals surface area contributed by atoms with Crippen LogP contribution >= 0.6 is 23.2 Å². The molecular weight excluding hydrogens is 540 g/mol. The Hall–Kier alpha value is -2.36. The topological polar surface area (TPSA) is 86.8 Å². The Labute approximate surface area is 228 Å². The fourth-order valence-electron chi connectivity index (χ4n) is 4.52. The molecule has 1 saturated carbocycles. The molecule has 0 spiro atoms. The van der Waals surface area contributed by atoms with Crippen LogP contribution in [0.2, 0.25) is 10.0 Å². The Kier molecular flexibility index (Phi) is 10.2. The predicted molar refractivity (Wildman–Crippen MR) is 145 cm³/mol. The summed E-state index contributed by atoms with van der Waals surface area (Å²) in [6.45, 7) is 1.20. The van der Waals surface area contributed by atoms with Crippen molar-refractivity contribution >= 4 is 50.7 Å². The summed E-state index contributed by atoms with van der Waals surface area (Å²) in [5, 5.41) is 3.43. The molecular formula is C26H32Cl2FN3O4S. The fraction of sp³-hybridized carbons (Fsp3) is 0.462. The number of anilines is 1. The molecule has 3 rings (SSSR count). The first-order chi connectivity index (χ1) is 17.5. The summed E-state index contributed by atoms with van der Waals surface area (Å²) in [5.74, 6) is -1.32. The van der Waals surface area contributed by atoms with E-state index in [9.17, 15) is 22.4 Å². The lowest BCUT2D eigenvalue weighted by molar-refractivity contribution is -0.140. The van der Waals surface area contributed by atoms with Gasteiger partial charge >= 0.3 is 0 Å². The third-order valence-electron chi connectivity index (χ3n) is 6.46. The first-order valence-corrected chi connectivity index (χ1v) is 14.9. The standard InChI is InChI=1S/C26H32Cl2FN3O4S/c1-3-23(26(34)30-21-7-5-4-6-8-21)31(16-18-9-12-20(29)13-10-18)25(33)17-32(37(2,35)36)24-15-19(27)11-14-22(24)28/h9-15,21,23H,3-8,16-17H2,1-2H3,(H,30,34). The van der Waals surface area contributed by atoms with Crippen LogP contribution in [-0.4, -0.2) is 50.0 Å². The summed E-state index contributed by atoms with van der Waals surface area (Å²) in [4.78, 5) is 28.4. The van der Waals surface area contributed by atoms with E-state index >= 15 is 0 Å². The number of benzene rings is 2. The molecule has 0 radical (unpaired) electrons. The van der Waals surface area contributed by atoms with Gasteiger partial charge in [-0.2, -0.15) is 0 Å². The van der Waals surface area contributed by atoms with Crippen LogP contribution in [0.4, 0.5) is 10.1 Å². The second-order valence-corrected chi connectivity index (χ2v) is 12.0. The van der Waals surface area contributed by atoms with E-state index in [1.807, 2.05) is 0 Å². The second kappa shape index (κ2) is 12.9. The van der Waals surface area contributed by atoms with Crippen LogP contribution < -0.4 is 9.62 Å². The van der Waals surface area contributed by atoms with E-state index in [1.54, 1.807) is 6.92 Å². The average molecular weight is 573 g/mol. The number of rotatable bonds is 10. The minimum absolute atomic E-state index is 0.00339. The number of carbonyl (C=O) groups is 2. The third kappa shape index (κ3) is 8.06. The van der Waals surface area contributed by atoms with Crippen LogP contribution in [0, 0.1) is 5.82 Å². The van der Waals surface area contributed by atoms with Crippen molar-refractivity contribution in [2.45, 2.75) is 64.1 Å². The monoisotopic (exact) mass is 571 g/mol. The van der Waals surface area contributed by atoms with Crippen LogP contribution in [-0.2, 0) is 26.2 Å². The Morgan fingerprint density at radius 1 is 1.08 bits per heavy atom. The molecule has 0 heterocycles. The number of halogens is 3. The zero-order valence-corrected chi connectivity index (χ0v) is 23.3. The molecule has 7 nitrogen and oxygen atoms in total. The first kappa shape index (κ1) is 29.2. The molecule has 1 unspecified atom stereocenters. The smallest absolute Gasteiger partial charge is 0.244 e. The number of sulfonamides is 1. The van der Waals surface area contributed by atoms with Crippen LogP contribution in [0.25, 0.3) is 0 Å². The van der Waals surface area contributed by atoms with Gasteiger partial charge in [0.25, 0.3) is 0 Å². The minimum Gasteiger partial charge on any atom is -0.352 e. The zero-order valence-electron chi connectivity index (χ0n) is 20.9. The lowest BCUT2D eigenvalue weighted by Gasteiger charge is -2.34. The molecule has 2 aromatic carbocycles. The van der Waals surface area contributed by atoms with E-state index in [0.717, 1.165) is 42.7 Å². The third-order valence-corrected chi connectivity index (χ3v) is 8.14. The van der Waals surface area contributed by atoms with E-state index in [0.29, 0.717) is 12.0 Å². The number of carbonyl (C=O) groups excluding carboxylic acids is 2. The van der Waals surface area contributed by atoms with E-state index < -0.39 is 34.3 Å². The molecule has 2 amide bonds. The predicted octanol–water partition coefficient (Wildman–Crippen LogP) is 5.15. The highest BCUT2D eigenvalue weighted by atomic mass is 35.5. The summed E-state index contributed by atoms with van der Waals surface area (Å²) in [5.41, 5.74) is 0.664. The molecule has 1 aliphatic rings. The maximum Gasteiger partial charge on any atom is 0.244 e. The summed E-state index contributed by atoms with van der Waals surface area (Å²) in [6, 6.07) is 9.13. The normalized spacial score (nSPS) is 15.2. The number of amides is 2. The van der Waals surface area contributed by atoms with Gasteiger partial charge in [-0.3, -0.25) is 13.9 Å². The van der Waals surface area contributed by atoms with Crippen LogP contribution in [0.15, 0.2) is 42.5 Å². The van der Waals surface area contributed by atoms with Gasteiger partial charge < -0.3 is 10.2 Å². The molecule has 0 aromatic heterocycles. The van der Waals surface area contributed by atoms with Gasteiger partial charge in [-0.05, 0) is 55.2 Å². The van der Waals surface area contributed by atoms with Crippen molar-refractivity contribution < 1.29 is 22.4 Å². The van der Waals surface area contributed by atoms with Crippen molar-refractivity contribution in [2.24, 2.45) is 0 Å². The van der Waals surface area contributed by atoms with Crippen LogP contribution in [0.3, 0.4) is 0 Å². The number of hydrogen-bond donors (Lipinski definition) is 1. The van der Waals surface area contributed by atoms with Crippen molar-refractivity contribution in [3.05, 3.63) is 63.9 Å². The van der Waals surface area contributed by atoms with Crippen molar-refractivity contribution in [3.63, 3.8) is 0 Å². The molecule has 1 fully saturated rings. The number of nitrogens with zero attached hydrogens (tertiary/aromatic N) is 2. The lowest BCUT2D eigenvalue weighted by atomic mass is 9.95. The molecule has 1 aliphatic carbocycles. The van der Waals surface area contributed by atoms with E-state index in [4.69, 9.17) is 23.2 Å². The van der Waals surface area contributed by atoms with Crippen molar-refractivity contribution in [1.82, 2.24) is 10.2 Å². The average Bonchev–Trinajstić information content (AvgIpc) is 2.85. The molecule has 0 aliphatic heterocycles. The first-order valence-electron chi connectivity index (χ1n) is 12.3. The molecule has 2 aromatic rings. The summed E-state index contributed by atoms with van der Waals surface area (Å²) >= 11 is 12.3. The van der Waals surface area contributed by atoms with Gasteiger partial charge in [-0.15, -0.1) is 0 Å². The van der Waals surface area contributed by atoms with Crippen molar-refractivity contribution in [1.29, 1.82) is 0 Å². The molecule has 1 N–H and O–H groups in total. The Morgan fingerprint density at radius 2 is 1.73 bits per heavy atom. The lowest BCUT2D eigenvalue weighted by Crippen LogP contribution is -2.54. The van der Waals surface area contributed by atoms with Gasteiger partial charge in [0.2, 0.25) is 21.8 Å². The van der Waals surface area contributed by atoms with Crippen molar-refractivity contribution in [2.75, 3.05) is 17.1 Å². The highest BCUT2D eigenvalue weighted by Gasteiger charge is 2.33.